The van der Waals surface area contributed by atoms with Gasteiger partial charge >= 0.3 is 0 Å². The van der Waals surface area contributed by atoms with Gasteiger partial charge in [0.05, 0.1) is 11.1 Å². The molecule has 0 radical (unpaired) electrons. The molecule has 2 heterocycles. The van der Waals surface area contributed by atoms with E-state index in [2.05, 4.69) is 12.2 Å². The minimum Gasteiger partial charge on any atom is -0.314 e. The average molecular weight is 258 g/mol. The third-order valence-electron chi connectivity index (χ3n) is 4.03. The molecule has 3 rings (SSSR count). The largest absolute Gasteiger partial charge is 0.314 e. The summed E-state index contributed by atoms with van der Waals surface area (Å²) in [4.78, 5) is 26.3. The number of rotatable bonds is 1. The van der Waals surface area contributed by atoms with Crippen LogP contribution < -0.4 is 5.32 Å². The number of carbonyl (C=O) groups is 2. The summed E-state index contributed by atoms with van der Waals surface area (Å²) in [5.74, 6) is -0.248. The molecule has 2 unspecified atom stereocenters. The highest BCUT2D eigenvalue weighted by Gasteiger charge is 2.40. The van der Waals surface area contributed by atoms with E-state index < -0.39 is 0 Å². The molecule has 1 fully saturated rings. The van der Waals surface area contributed by atoms with Crippen LogP contribution in [-0.2, 0) is 0 Å². The summed E-state index contributed by atoms with van der Waals surface area (Å²) in [6.45, 7) is 4.89. The van der Waals surface area contributed by atoms with Crippen LogP contribution in [0, 0.1) is 6.92 Å². The monoisotopic (exact) mass is 258 g/mol. The maximum absolute atomic E-state index is 12.4. The fourth-order valence-electron chi connectivity index (χ4n) is 3.05. The Balaban J connectivity index is 1.94. The lowest BCUT2D eigenvalue weighted by Crippen LogP contribution is -2.49. The summed E-state index contributed by atoms with van der Waals surface area (Å²) in [6, 6.07) is 5.86. The number of fused-ring (bicyclic) bond motifs is 1. The van der Waals surface area contributed by atoms with Gasteiger partial charge in [-0.15, -0.1) is 0 Å². The molecule has 0 bridgehead atoms. The molecule has 100 valence electrons. The SMILES string of the molecule is Cc1ccc2c(c1)C(=O)N(C1CCNC(C)C1)C2=O. The van der Waals surface area contributed by atoms with Crippen molar-refractivity contribution in [3.05, 3.63) is 34.9 Å². The third kappa shape index (κ3) is 1.96. The minimum atomic E-state index is -0.126. The number of amides is 2. The topological polar surface area (TPSA) is 49.4 Å². The second kappa shape index (κ2) is 4.46. The highest BCUT2D eigenvalue weighted by Crippen LogP contribution is 2.28. The van der Waals surface area contributed by atoms with Crippen LogP contribution in [0.4, 0.5) is 0 Å². The molecule has 1 N–H and O–H groups in total. The lowest BCUT2D eigenvalue weighted by atomic mass is 9.99. The Morgan fingerprint density at radius 3 is 2.68 bits per heavy atom. The molecule has 2 aliphatic heterocycles. The van der Waals surface area contributed by atoms with Gasteiger partial charge < -0.3 is 5.32 Å². The minimum absolute atomic E-state index is 0.0314. The lowest BCUT2D eigenvalue weighted by molar-refractivity contribution is 0.0542. The highest BCUT2D eigenvalue weighted by atomic mass is 16.2. The Kier molecular flexibility index (Phi) is 2.90. The number of imide groups is 1. The Morgan fingerprint density at radius 1 is 1.21 bits per heavy atom. The Bertz CT molecular complexity index is 553. The number of carbonyl (C=O) groups excluding carboxylic acids is 2. The lowest BCUT2D eigenvalue weighted by Gasteiger charge is -2.33. The number of hydrogen-bond acceptors (Lipinski definition) is 3. The Labute approximate surface area is 112 Å². The number of aryl methyl sites for hydroxylation is 1. The molecule has 2 amide bonds. The van der Waals surface area contributed by atoms with Crippen LogP contribution in [0.15, 0.2) is 18.2 Å². The van der Waals surface area contributed by atoms with Gasteiger partial charge in [0.25, 0.3) is 11.8 Å². The molecule has 2 atom stereocenters. The molecule has 2 aliphatic rings. The van der Waals surface area contributed by atoms with Crippen molar-refractivity contribution in [1.82, 2.24) is 10.2 Å². The smallest absolute Gasteiger partial charge is 0.261 e. The number of hydrogen-bond donors (Lipinski definition) is 1. The van der Waals surface area contributed by atoms with Crippen LogP contribution >= 0.6 is 0 Å². The van der Waals surface area contributed by atoms with E-state index in [0.717, 1.165) is 24.9 Å². The van der Waals surface area contributed by atoms with E-state index in [0.29, 0.717) is 17.2 Å². The van der Waals surface area contributed by atoms with E-state index in [1.807, 2.05) is 19.1 Å². The van der Waals surface area contributed by atoms with Gasteiger partial charge in [-0.05, 0) is 45.4 Å². The van der Waals surface area contributed by atoms with Crippen LogP contribution in [0.1, 0.15) is 46.0 Å². The van der Waals surface area contributed by atoms with Crippen molar-refractivity contribution in [2.24, 2.45) is 0 Å². The van der Waals surface area contributed by atoms with Crippen molar-refractivity contribution >= 4 is 11.8 Å². The first-order valence-electron chi connectivity index (χ1n) is 6.80. The van der Waals surface area contributed by atoms with Crippen LogP contribution in [0.3, 0.4) is 0 Å². The molecule has 1 saturated heterocycles. The molecule has 0 saturated carbocycles. The number of nitrogens with one attached hydrogen (secondary N) is 1. The van der Waals surface area contributed by atoms with Gasteiger partial charge in [-0.3, -0.25) is 14.5 Å². The van der Waals surface area contributed by atoms with Crippen molar-refractivity contribution < 1.29 is 9.59 Å². The van der Waals surface area contributed by atoms with E-state index >= 15 is 0 Å². The molecule has 4 nitrogen and oxygen atoms in total. The first-order chi connectivity index (χ1) is 9.08. The van der Waals surface area contributed by atoms with Gasteiger partial charge in [0.1, 0.15) is 0 Å². The molecule has 0 aromatic heterocycles. The van der Waals surface area contributed by atoms with Gasteiger partial charge in [-0.25, -0.2) is 0 Å². The van der Waals surface area contributed by atoms with Crippen molar-refractivity contribution in [3.63, 3.8) is 0 Å². The predicted octanol–water partition coefficient (Wildman–Crippen LogP) is 1.73. The zero-order valence-corrected chi connectivity index (χ0v) is 11.3. The summed E-state index contributed by atoms with van der Waals surface area (Å²) >= 11 is 0. The van der Waals surface area contributed by atoms with Gasteiger partial charge in [-0.1, -0.05) is 11.6 Å². The van der Waals surface area contributed by atoms with Crippen LogP contribution in [0.25, 0.3) is 0 Å². The first-order valence-corrected chi connectivity index (χ1v) is 6.80. The number of nitrogens with zero attached hydrogens (tertiary/aromatic N) is 1. The Hall–Kier alpha value is -1.68. The van der Waals surface area contributed by atoms with E-state index in [-0.39, 0.29) is 17.9 Å². The third-order valence-corrected chi connectivity index (χ3v) is 4.03. The zero-order valence-electron chi connectivity index (χ0n) is 11.3. The quantitative estimate of drug-likeness (QED) is 0.780. The Morgan fingerprint density at radius 2 is 1.95 bits per heavy atom. The molecule has 0 spiro atoms. The van der Waals surface area contributed by atoms with Gasteiger partial charge in [0, 0.05) is 12.1 Å². The maximum atomic E-state index is 12.4. The number of piperidine rings is 1. The summed E-state index contributed by atoms with van der Waals surface area (Å²) in [6.07, 6.45) is 1.68. The van der Waals surface area contributed by atoms with E-state index in [1.165, 1.54) is 4.90 Å². The van der Waals surface area contributed by atoms with E-state index in [9.17, 15) is 9.59 Å². The second-order valence-electron chi connectivity index (χ2n) is 5.56. The zero-order chi connectivity index (χ0) is 13.6. The van der Waals surface area contributed by atoms with Crippen molar-refractivity contribution in [2.45, 2.75) is 38.8 Å². The van der Waals surface area contributed by atoms with Crippen molar-refractivity contribution in [1.29, 1.82) is 0 Å². The normalized spacial score (nSPS) is 26.7. The van der Waals surface area contributed by atoms with E-state index in [1.54, 1.807) is 6.07 Å². The van der Waals surface area contributed by atoms with Gasteiger partial charge in [0.2, 0.25) is 0 Å². The fourth-order valence-corrected chi connectivity index (χ4v) is 3.05. The molecular formula is C15H18N2O2. The van der Waals surface area contributed by atoms with Crippen molar-refractivity contribution in [3.8, 4) is 0 Å². The molecule has 1 aromatic carbocycles. The average Bonchev–Trinajstić information content (AvgIpc) is 2.61. The number of benzene rings is 1. The first kappa shape index (κ1) is 12.4. The summed E-state index contributed by atoms with van der Waals surface area (Å²) in [7, 11) is 0. The van der Waals surface area contributed by atoms with Gasteiger partial charge in [-0.2, -0.15) is 0 Å². The van der Waals surface area contributed by atoms with Crippen molar-refractivity contribution in [2.75, 3.05) is 6.54 Å². The summed E-state index contributed by atoms with van der Waals surface area (Å²) in [5.41, 5.74) is 2.14. The maximum Gasteiger partial charge on any atom is 0.261 e. The predicted molar refractivity (Wildman–Crippen MR) is 72.2 cm³/mol. The standard InChI is InChI=1S/C15H18N2O2/c1-9-3-4-12-13(7-9)15(19)17(14(12)18)11-5-6-16-10(2)8-11/h3-4,7,10-11,16H,5-6,8H2,1-2H3. The molecule has 19 heavy (non-hydrogen) atoms. The van der Waals surface area contributed by atoms with Crippen LogP contribution in [0.2, 0.25) is 0 Å². The van der Waals surface area contributed by atoms with Gasteiger partial charge in [0.15, 0.2) is 0 Å². The molecule has 0 aliphatic carbocycles. The second-order valence-corrected chi connectivity index (χ2v) is 5.56. The molecular weight excluding hydrogens is 240 g/mol. The summed E-state index contributed by atoms with van der Waals surface area (Å²) in [5, 5.41) is 3.35. The van der Waals surface area contributed by atoms with E-state index in [4.69, 9.17) is 0 Å². The molecule has 4 heteroatoms. The van der Waals surface area contributed by atoms with Crippen LogP contribution in [0.5, 0.6) is 0 Å². The fraction of sp³-hybridized carbons (Fsp3) is 0.467. The van der Waals surface area contributed by atoms with Crippen LogP contribution in [-0.4, -0.2) is 35.3 Å². The molecule has 1 aromatic rings. The summed E-state index contributed by atoms with van der Waals surface area (Å²) < 4.78 is 0. The highest BCUT2D eigenvalue weighted by molar-refractivity contribution is 6.21.